The minimum absolute atomic E-state index is 0.169. The highest BCUT2D eigenvalue weighted by atomic mass is 16.5. The topological polar surface area (TPSA) is 66.8 Å². The minimum Gasteiger partial charge on any atom is -0.490 e. The van der Waals surface area contributed by atoms with Crippen molar-refractivity contribution in [1.82, 2.24) is 0 Å². The first kappa shape index (κ1) is 9.98. The molecule has 0 atom stereocenters. The molecule has 0 radical (unpaired) electrons. The first-order valence-corrected chi connectivity index (χ1v) is 4.84. The van der Waals surface area contributed by atoms with E-state index in [-0.39, 0.29) is 18.3 Å². The summed E-state index contributed by atoms with van der Waals surface area (Å²) in [4.78, 5) is 10.7. The molecule has 0 saturated heterocycles. The number of rotatable bonds is 4. The lowest BCUT2D eigenvalue weighted by molar-refractivity contribution is 0.0696. The van der Waals surface area contributed by atoms with Crippen LogP contribution in [-0.4, -0.2) is 22.3 Å². The summed E-state index contributed by atoms with van der Waals surface area (Å²) in [5.74, 6) is -0.410. The largest absolute Gasteiger partial charge is 0.490 e. The first-order valence-electron chi connectivity index (χ1n) is 4.84. The molecule has 1 saturated carbocycles. The van der Waals surface area contributed by atoms with Gasteiger partial charge in [0.25, 0.3) is 0 Å². The van der Waals surface area contributed by atoms with Gasteiger partial charge in [-0.25, -0.2) is 4.79 Å². The Morgan fingerprint density at radius 2 is 2.20 bits per heavy atom. The number of carboxylic acid groups (broad SMARTS) is 1. The maximum absolute atomic E-state index is 10.7. The highest BCUT2D eigenvalue weighted by Crippen LogP contribution is 2.29. The predicted molar refractivity (Wildman–Crippen MR) is 53.0 cm³/mol. The Balaban J connectivity index is 2.25. The van der Waals surface area contributed by atoms with E-state index in [1.54, 1.807) is 6.07 Å². The van der Waals surface area contributed by atoms with Crippen molar-refractivity contribution >= 4 is 5.97 Å². The van der Waals surface area contributed by atoms with Crippen LogP contribution < -0.4 is 4.74 Å². The average Bonchev–Trinajstić information content (AvgIpc) is 3.02. The molecule has 0 aromatic heterocycles. The van der Waals surface area contributed by atoms with E-state index < -0.39 is 5.97 Å². The molecule has 4 heteroatoms. The summed E-state index contributed by atoms with van der Waals surface area (Å²) >= 11 is 0. The van der Waals surface area contributed by atoms with Gasteiger partial charge in [0.1, 0.15) is 5.75 Å². The van der Waals surface area contributed by atoms with Crippen LogP contribution in [0.1, 0.15) is 28.8 Å². The number of hydrogen-bond donors (Lipinski definition) is 2. The van der Waals surface area contributed by atoms with Crippen LogP contribution in [0.2, 0.25) is 0 Å². The van der Waals surface area contributed by atoms with E-state index in [4.69, 9.17) is 14.9 Å². The normalized spacial score (nSPS) is 15.0. The molecule has 1 aliphatic rings. The molecule has 0 amide bonds. The van der Waals surface area contributed by atoms with Gasteiger partial charge in [-0.15, -0.1) is 0 Å². The monoisotopic (exact) mass is 208 g/mol. The summed E-state index contributed by atoms with van der Waals surface area (Å²) in [7, 11) is 0. The maximum Gasteiger partial charge on any atom is 0.335 e. The van der Waals surface area contributed by atoms with Crippen LogP contribution in [0.15, 0.2) is 18.2 Å². The Bertz CT molecular complexity index is 382. The lowest BCUT2D eigenvalue weighted by Gasteiger charge is -2.09. The molecule has 4 nitrogen and oxygen atoms in total. The van der Waals surface area contributed by atoms with Crippen molar-refractivity contribution in [1.29, 1.82) is 0 Å². The predicted octanol–water partition coefficient (Wildman–Crippen LogP) is 1.42. The molecule has 1 aromatic carbocycles. The van der Waals surface area contributed by atoms with Crippen molar-refractivity contribution in [3.05, 3.63) is 29.3 Å². The number of carbonyl (C=O) groups is 1. The number of carboxylic acids is 1. The molecule has 0 aliphatic heterocycles. The van der Waals surface area contributed by atoms with Crippen molar-refractivity contribution in [2.45, 2.75) is 25.6 Å². The molecule has 0 spiro atoms. The summed E-state index contributed by atoms with van der Waals surface area (Å²) in [6.45, 7) is -0.205. The second kappa shape index (κ2) is 3.90. The second-order valence-electron chi connectivity index (χ2n) is 3.60. The van der Waals surface area contributed by atoms with Crippen molar-refractivity contribution < 1.29 is 19.7 Å². The molecule has 0 bridgehead atoms. The SMILES string of the molecule is O=C(O)c1ccc(OC2CC2)c(CO)c1. The van der Waals surface area contributed by atoms with E-state index >= 15 is 0 Å². The molecule has 2 N–H and O–H groups in total. The summed E-state index contributed by atoms with van der Waals surface area (Å²) in [6.07, 6.45) is 2.31. The fourth-order valence-corrected chi connectivity index (χ4v) is 1.32. The van der Waals surface area contributed by atoms with E-state index in [1.165, 1.54) is 12.1 Å². The van der Waals surface area contributed by atoms with Gasteiger partial charge in [-0.3, -0.25) is 0 Å². The first-order chi connectivity index (χ1) is 7.20. The average molecular weight is 208 g/mol. The van der Waals surface area contributed by atoms with Gasteiger partial charge in [-0.2, -0.15) is 0 Å². The molecular formula is C11H12O4. The van der Waals surface area contributed by atoms with E-state index in [0.29, 0.717) is 11.3 Å². The fourth-order valence-electron chi connectivity index (χ4n) is 1.32. The number of aliphatic hydroxyl groups excluding tert-OH is 1. The highest BCUT2D eigenvalue weighted by Gasteiger charge is 2.24. The molecule has 1 aromatic rings. The van der Waals surface area contributed by atoms with Crippen molar-refractivity contribution in [3.8, 4) is 5.75 Å². The fraction of sp³-hybridized carbons (Fsp3) is 0.364. The van der Waals surface area contributed by atoms with Crippen LogP contribution in [0.3, 0.4) is 0 Å². The third-order valence-corrected chi connectivity index (χ3v) is 2.30. The van der Waals surface area contributed by atoms with Gasteiger partial charge in [0, 0.05) is 5.56 Å². The summed E-state index contributed by atoms with van der Waals surface area (Å²) in [6, 6.07) is 4.53. The number of hydrogen-bond acceptors (Lipinski definition) is 3. The lowest BCUT2D eigenvalue weighted by Crippen LogP contribution is -2.03. The van der Waals surface area contributed by atoms with Gasteiger partial charge in [-0.05, 0) is 31.0 Å². The van der Waals surface area contributed by atoms with Gasteiger partial charge >= 0.3 is 5.97 Å². The second-order valence-corrected chi connectivity index (χ2v) is 3.60. The molecular weight excluding hydrogens is 196 g/mol. The molecule has 0 heterocycles. The van der Waals surface area contributed by atoms with Crippen LogP contribution >= 0.6 is 0 Å². The van der Waals surface area contributed by atoms with Crippen LogP contribution in [-0.2, 0) is 6.61 Å². The van der Waals surface area contributed by atoms with Crippen molar-refractivity contribution in [2.75, 3.05) is 0 Å². The van der Waals surface area contributed by atoms with Crippen LogP contribution in [0.5, 0.6) is 5.75 Å². The quantitative estimate of drug-likeness (QED) is 0.785. The molecule has 0 unspecified atom stereocenters. The van der Waals surface area contributed by atoms with E-state index in [0.717, 1.165) is 12.8 Å². The van der Waals surface area contributed by atoms with Gasteiger partial charge in [0.15, 0.2) is 0 Å². The third kappa shape index (κ3) is 2.27. The standard InChI is InChI=1S/C11H12O4/c12-6-8-5-7(11(13)14)1-4-10(8)15-9-2-3-9/h1,4-5,9,12H,2-3,6H2,(H,13,14). The Morgan fingerprint density at radius 3 is 2.73 bits per heavy atom. The number of benzene rings is 1. The van der Waals surface area contributed by atoms with E-state index in [9.17, 15) is 4.79 Å². The molecule has 2 rings (SSSR count). The summed E-state index contributed by atoms with van der Waals surface area (Å²) in [5, 5.41) is 17.9. The molecule has 80 valence electrons. The van der Waals surface area contributed by atoms with Crippen LogP contribution in [0, 0.1) is 0 Å². The third-order valence-electron chi connectivity index (χ3n) is 2.30. The lowest BCUT2D eigenvalue weighted by atomic mass is 10.1. The number of aliphatic hydroxyl groups is 1. The zero-order valence-electron chi connectivity index (χ0n) is 8.14. The van der Waals surface area contributed by atoms with E-state index in [2.05, 4.69) is 0 Å². The Morgan fingerprint density at radius 1 is 1.47 bits per heavy atom. The molecule has 1 fully saturated rings. The molecule has 1 aliphatic carbocycles. The highest BCUT2D eigenvalue weighted by molar-refractivity contribution is 5.88. The van der Waals surface area contributed by atoms with Crippen LogP contribution in [0.4, 0.5) is 0 Å². The van der Waals surface area contributed by atoms with Gasteiger partial charge in [-0.1, -0.05) is 0 Å². The van der Waals surface area contributed by atoms with Crippen molar-refractivity contribution in [2.24, 2.45) is 0 Å². The van der Waals surface area contributed by atoms with Crippen LogP contribution in [0.25, 0.3) is 0 Å². The zero-order valence-corrected chi connectivity index (χ0v) is 8.14. The Labute approximate surface area is 87.1 Å². The zero-order chi connectivity index (χ0) is 10.8. The Hall–Kier alpha value is -1.55. The number of aromatic carboxylic acids is 1. The Kier molecular flexibility index (Phi) is 2.60. The van der Waals surface area contributed by atoms with Gasteiger partial charge in [0.05, 0.1) is 18.3 Å². The van der Waals surface area contributed by atoms with Crippen molar-refractivity contribution in [3.63, 3.8) is 0 Å². The van der Waals surface area contributed by atoms with Gasteiger partial charge < -0.3 is 14.9 Å². The minimum atomic E-state index is -0.998. The maximum atomic E-state index is 10.7. The van der Waals surface area contributed by atoms with Gasteiger partial charge in [0.2, 0.25) is 0 Å². The van der Waals surface area contributed by atoms with E-state index in [1.807, 2.05) is 0 Å². The summed E-state index contributed by atoms with van der Waals surface area (Å²) in [5.41, 5.74) is 0.698. The number of ether oxygens (including phenoxy) is 1. The molecule has 15 heavy (non-hydrogen) atoms. The smallest absolute Gasteiger partial charge is 0.335 e. The summed E-state index contributed by atoms with van der Waals surface area (Å²) < 4.78 is 5.53.